The molecule has 4 heteroatoms. The number of nitrogens with one attached hydrogen (secondary N) is 1. The highest BCUT2D eigenvalue weighted by molar-refractivity contribution is 5.42. The summed E-state index contributed by atoms with van der Waals surface area (Å²) in [6.07, 6.45) is 0. The first-order valence-electron chi connectivity index (χ1n) is 5.11. The molecular formula is C13H12FNO2. The lowest BCUT2D eigenvalue weighted by Gasteiger charge is -2.09. The molecule has 0 bridgehead atoms. The minimum absolute atomic E-state index is 0.120. The highest BCUT2D eigenvalue weighted by atomic mass is 19.1. The lowest BCUT2D eigenvalue weighted by atomic mass is 10.3. The van der Waals surface area contributed by atoms with Gasteiger partial charge in [-0.3, -0.25) is 0 Å². The monoisotopic (exact) mass is 233 g/mol. The maximum absolute atomic E-state index is 13.5. The van der Waals surface area contributed by atoms with Crippen molar-refractivity contribution in [2.75, 3.05) is 12.6 Å². The van der Waals surface area contributed by atoms with E-state index in [1.54, 1.807) is 6.07 Å². The Morgan fingerprint density at radius 2 is 1.82 bits per heavy atom. The molecule has 0 fully saturated rings. The largest absolute Gasteiger partial charge is 0.497 e. The molecule has 0 saturated carbocycles. The van der Waals surface area contributed by atoms with Gasteiger partial charge in [-0.25, -0.2) is 9.87 Å². The summed E-state index contributed by atoms with van der Waals surface area (Å²) in [7, 11) is 1.48. The number of halogens is 1. The number of ether oxygens (including phenoxy) is 1. The van der Waals surface area contributed by atoms with Crippen molar-refractivity contribution in [1.82, 2.24) is 0 Å². The van der Waals surface area contributed by atoms with Crippen LogP contribution in [0.5, 0.6) is 11.5 Å². The normalized spacial score (nSPS) is 9.76. The van der Waals surface area contributed by atoms with Crippen LogP contribution in [-0.2, 0) is 0 Å². The smallest absolute Gasteiger partial charge is 0.190 e. The molecule has 3 nitrogen and oxygen atoms in total. The number of rotatable bonds is 4. The number of hydrogen-bond donors (Lipinski definition) is 1. The lowest BCUT2D eigenvalue weighted by Crippen LogP contribution is -2.05. The molecule has 0 aliphatic rings. The molecule has 2 aromatic carbocycles. The molecule has 0 radical (unpaired) electrons. The van der Waals surface area contributed by atoms with Crippen molar-refractivity contribution in [1.29, 1.82) is 0 Å². The highest BCUT2D eigenvalue weighted by Crippen LogP contribution is 2.22. The van der Waals surface area contributed by atoms with Crippen molar-refractivity contribution in [3.63, 3.8) is 0 Å². The molecule has 0 amide bonds. The molecule has 0 saturated heterocycles. The van der Waals surface area contributed by atoms with E-state index >= 15 is 0 Å². The third-order valence-electron chi connectivity index (χ3n) is 2.19. The van der Waals surface area contributed by atoms with Crippen molar-refractivity contribution in [3.05, 3.63) is 54.3 Å². The minimum atomic E-state index is -0.479. The molecule has 1 N–H and O–H groups in total. The van der Waals surface area contributed by atoms with Crippen LogP contribution >= 0.6 is 0 Å². The average Bonchev–Trinajstić information content (AvgIpc) is 2.38. The van der Waals surface area contributed by atoms with E-state index in [0.717, 1.165) is 5.69 Å². The molecule has 2 rings (SSSR count). The summed E-state index contributed by atoms with van der Waals surface area (Å²) in [6.45, 7) is 0. The van der Waals surface area contributed by atoms with Crippen molar-refractivity contribution >= 4 is 5.69 Å². The van der Waals surface area contributed by atoms with E-state index in [9.17, 15) is 4.39 Å². The molecular weight excluding hydrogens is 221 g/mol. The third kappa shape index (κ3) is 2.87. The predicted octanol–water partition coefficient (Wildman–Crippen LogP) is 3.24. The molecule has 2 aromatic rings. The zero-order chi connectivity index (χ0) is 12.1. The Morgan fingerprint density at radius 3 is 2.47 bits per heavy atom. The molecule has 0 aromatic heterocycles. The maximum Gasteiger partial charge on any atom is 0.190 e. The quantitative estimate of drug-likeness (QED) is 0.822. The van der Waals surface area contributed by atoms with Crippen LogP contribution in [0.4, 0.5) is 10.1 Å². The number of anilines is 1. The Hall–Kier alpha value is -2.23. The Morgan fingerprint density at radius 1 is 1.06 bits per heavy atom. The average molecular weight is 233 g/mol. The zero-order valence-corrected chi connectivity index (χ0v) is 9.31. The van der Waals surface area contributed by atoms with Gasteiger partial charge in [0.2, 0.25) is 0 Å². The van der Waals surface area contributed by atoms with E-state index in [1.165, 1.54) is 19.2 Å². The molecule has 0 aliphatic carbocycles. The van der Waals surface area contributed by atoms with Crippen molar-refractivity contribution < 1.29 is 14.0 Å². The predicted molar refractivity (Wildman–Crippen MR) is 63.6 cm³/mol. The number of para-hydroxylation sites is 1. The molecule has 88 valence electrons. The zero-order valence-electron chi connectivity index (χ0n) is 9.31. The molecule has 0 heterocycles. The molecule has 0 spiro atoms. The molecule has 17 heavy (non-hydrogen) atoms. The number of benzene rings is 2. The summed E-state index contributed by atoms with van der Waals surface area (Å²) in [5.74, 6) is 0.0944. The van der Waals surface area contributed by atoms with E-state index in [0.29, 0.717) is 5.75 Å². The minimum Gasteiger partial charge on any atom is -0.497 e. The van der Waals surface area contributed by atoms with Gasteiger partial charge in [-0.1, -0.05) is 18.2 Å². The maximum atomic E-state index is 13.5. The standard InChI is InChI=1S/C13H12FNO2/c1-16-11-7-8-13(12(14)9-11)17-15-10-5-3-2-4-6-10/h2-9,15H,1H3. The van der Waals surface area contributed by atoms with Gasteiger partial charge < -0.3 is 9.57 Å². The summed E-state index contributed by atoms with van der Waals surface area (Å²) in [5.41, 5.74) is 3.41. The summed E-state index contributed by atoms with van der Waals surface area (Å²) < 4.78 is 18.4. The van der Waals surface area contributed by atoms with E-state index in [2.05, 4.69) is 5.48 Å². The lowest BCUT2D eigenvalue weighted by molar-refractivity contribution is 0.371. The van der Waals surface area contributed by atoms with Crippen molar-refractivity contribution in [3.8, 4) is 11.5 Å². The van der Waals surface area contributed by atoms with Crippen molar-refractivity contribution in [2.45, 2.75) is 0 Å². The van der Waals surface area contributed by atoms with Crippen LogP contribution in [0.15, 0.2) is 48.5 Å². The first-order chi connectivity index (χ1) is 8.29. The summed E-state index contributed by atoms with van der Waals surface area (Å²) in [5, 5.41) is 0. The Bertz CT molecular complexity index is 488. The van der Waals surface area contributed by atoms with E-state index in [1.807, 2.05) is 30.3 Å². The van der Waals surface area contributed by atoms with Gasteiger partial charge in [0.25, 0.3) is 0 Å². The van der Waals surface area contributed by atoms with Gasteiger partial charge in [0.1, 0.15) is 5.75 Å². The second-order valence-corrected chi connectivity index (χ2v) is 3.37. The summed E-state index contributed by atoms with van der Waals surface area (Å²) >= 11 is 0. The Kier molecular flexibility index (Phi) is 3.45. The summed E-state index contributed by atoms with van der Waals surface area (Å²) in [6, 6.07) is 13.6. The van der Waals surface area contributed by atoms with Crippen LogP contribution < -0.4 is 15.1 Å². The second kappa shape index (κ2) is 5.21. The van der Waals surface area contributed by atoms with Crippen LogP contribution in [0.1, 0.15) is 0 Å². The van der Waals surface area contributed by atoms with Crippen LogP contribution in [0.25, 0.3) is 0 Å². The fraction of sp³-hybridized carbons (Fsp3) is 0.0769. The first-order valence-corrected chi connectivity index (χ1v) is 5.11. The Balaban J connectivity index is 2.04. The van der Waals surface area contributed by atoms with Gasteiger partial charge in [0.05, 0.1) is 12.8 Å². The second-order valence-electron chi connectivity index (χ2n) is 3.37. The fourth-order valence-electron chi connectivity index (χ4n) is 1.31. The van der Waals surface area contributed by atoms with E-state index in [-0.39, 0.29) is 5.75 Å². The van der Waals surface area contributed by atoms with E-state index < -0.39 is 5.82 Å². The molecule has 0 atom stereocenters. The van der Waals surface area contributed by atoms with Gasteiger partial charge in [-0.05, 0) is 24.3 Å². The van der Waals surface area contributed by atoms with Crippen LogP contribution in [0.3, 0.4) is 0 Å². The van der Waals surface area contributed by atoms with Crippen LogP contribution in [0, 0.1) is 5.82 Å². The SMILES string of the molecule is COc1ccc(ONc2ccccc2)c(F)c1. The first kappa shape index (κ1) is 11.3. The molecule has 0 aliphatic heterocycles. The third-order valence-corrected chi connectivity index (χ3v) is 2.19. The fourth-order valence-corrected chi connectivity index (χ4v) is 1.31. The Labute approximate surface area is 98.7 Å². The van der Waals surface area contributed by atoms with Gasteiger partial charge in [-0.2, -0.15) is 0 Å². The molecule has 0 unspecified atom stereocenters. The number of hydrogen-bond acceptors (Lipinski definition) is 3. The van der Waals surface area contributed by atoms with E-state index in [4.69, 9.17) is 9.57 Å². The summed E-state index contributed by atoms with van der Waals surface area (Å²) in [4.78, 5) is 5.14. The van der Waals surface area contributed by atoms with Crippen LogP contribution in [-0.4, -0.2) is 7.11 Å². The van der Waals surface area contributed by atoms with Gasteiger partial charge in [0.15, 0.2) is 11.6 Å². The van der Waals surface area contributed by atoms with Gasteiger partial charge in [-0.15, -0.1) is 0 Å². The topological polar surface area (TPSA) is 30.5 Å². The van der Waals surface area contributed by atoms with Gasteiger partial charge in [0, 0.05) is 6.07 Å². The van der Waals surface area contributed by atoms with Gasteiger partial charge >= 0.3 is 0 Å². The van der Waals surface area contributed by atoms with Crippen molar-refractivity contribution in [2.24, 2.45) is 0 Å². The van der Waals surface area contributed by atoms with Crippen LogP contribution in [0.2, 0.25) is 0 Å². The highest BCUT2D eigenvalue weighted by Gasteiger charge is 2.05. The number of methoxy groups -OCH3 is 1.